The van der Waals surface area contributed by atoms with Gasteiger partial charge in [0.05, 0.1) is 24.1 Å². The summed E-state index contributed by atoms with van der Waals surface area (Å²) in [5.74, 6) is -2.63. The van der Waals surface area contributed by atoms with Crippen LogP contribution in [0.3, 0.4) is 0 Å². The maximum atomic E-state index is 10.5. The Morgan fingerprint density at radius 2 is 1.52 bits per heavy atom. The number of fused-ring (bicyclic) bond motifs is 2. The van der Waals surface area contributed by atoms with Crippen molar-refractivity contribution in [2.24, 2.45) is 10.8 Å². The molecule has 2 bridgehead atoms. The van der Waals surface area contributed by atoms with E-state index in [2.05, 4.69) is 37.0 Å². The van der Waals surface area contributed by atoms with E-state index >= 15 is 0 Å². The molecular formula is C26H25N5O2. The molecule has 2 aromatic rings. The highest BCUT2D eigenvalue weighted by Gasteiger charge is 2.79. The summed E-state index contributed by atoms with van der Waals surface area (Å²) >= 11 is 0. The number of hydrogen-bond acceptors (Lipinski definition) is 7. The average molecular weight is 440 g/mol. The van der Waals surface area contributed by atoms with Crippen LogP contribution >= 0.6 is 0 Å². The Hall–Kier alpha value is -3.86. The van der Waals surface area contributed by atoms with E-state index in [1.165, 1.54) is 0 Å². The van der Waals surface area contributed by atoms with Gasteiger partial charge in [-0.3, -0.25) is 5.41 Å². The summed E-state index contributed by atoms with van der Waals surface area (Å²) in [7, 11) is 0. The number of nitriles is 3. The third-order valence-corrected chi connectivity index (χ3v) is 6.97. The van der Waals surface area contributed by atoms with E-state index in [0.29, 0.717) is 11.1 Å². The molecule has 2 heterocycles. The Balaban J connectivity index is 1.92. The zero-order valence-corrected chi connectivity index (χ0v) is 18.9. The Bertz CT molecular complexity index is 1170. The number of ether oxygens (including phenoxy) is 2. The molecule has 2 aromatic carbocycles. The molecule has 0 spiro atoms. The fourth-order valence-electron chi connectivity index (χ4n) is 5.38. The first-order valence-corrected chi connectivity index (χ1v) is 11.0. The standard InChI is InChI=1S/C26H25N5O2/c1-4-31(5-2)20-13-11-19(12-14-20)22-25(15-27,16-28)26(17-29)21(18-9-7-6-8-10-18)24(3,32-22)33-23(26)30/h6-14,21-22,30H,4-5H2,1-3H3. The van der Waals surface area contributed by atoms with E-state index in [1.807, 2.05) is 42.5 Å². The summed E-state index contributed by atoms with van der Waals surface area (Å²) in [6, 6.07) is 22.9. The van der Waals surface area contributed by atoms with Crippen molar-refractivity contribution in [3.63, 3.8) is 0 Å². The molecule has 0 amide bonds. The predicted molar refractivity (Wildman–Crippen MR) is 122 cm³/mol. The Kier molecular flexibility index (Phi) is 5.36. The minimum atomic E-state index is -1.99. The molecule has 4 rings (SSSR count). The number of rotatable bonds is 5. The van der Waals surface area contributed by atoms with Crippen LogP contribution in [-0.2, 0) is 9.47 Å². The number of nitrogens with zero attached hydrogens (tertiary/aromatic N) is 4. The molecule has 0 saturated carbocycles. The fourth-order valence-corrected chi connectivity index (χ4v) is 5.38. The quantitative estimate of drug-likeness (QED) is 0.724. The lowest BCUT2D eigenvalue weighted by Gasteiger charge is -2.49. The molecule has 4 atom stereocenters. The zero-order chi connectivity index (χ0) is 23.9. The highest BCUT2D eigenvalue weighted by molar-refractivity contribution is 5.90. The predicted octanol–water partition coefficient (Wildman–Crippen LogP) is 4.66. The van der Waals surface area contributed by atoms with E-state index < -0.39 is 34.5 Å². The maximum Gasteiger partial charge on any atom is 0.218 e. The number of nitrogens with one attached hydrogen (secondary N) is 1. The summed E-state index contributed by atoms with van der Waals surface area (Å²) in [6.07, 6.45) is -1.08. The monoisotopic (exact) mass is 439 g/mol. The zero-order valence-electron chi connectivity index (χ0n) is 18.9. The van der Waals surface area contributed by atoms with Crippen molar-refractivity contribution in [1.29, 1.82) is 21.2 Å². The first-order valence-electron chi connectivity index (χ1n) is 11.0. The molecule has 33 heavy (non-hydrogen) atoms. The van der Waals surface area contributed by atoms with Crippen molar-refractivity contribution < 1.29 is 9.47 Å². The van der Waals surface area contributed by atoms with Crippen LogP contribution in [0.1, 0.15) is 43.9 Å². The molecule has 166 valence electrons. The topological polar surface area (TPSA) is 117 Å². The Morgan fingerprint density at radius 1 is 0.909 bits per heavy atom. The van der Waals surface area contributed by atoms with Crippen molar-refractivity contribution in [1.82, 2.24) is 0 Å². The van der Waals surface area contributed by atoms with Crippen LogP contribution in [0.2, 0.25) is 0 Å². The summed E-state index contributed by atoms with van der Waals surface area (Å²) in [5.41, 5.74) is -1.56. The van der Waals surface area contributed by atoms with Gasteiger partial charge >= 0.3 is 0 Å². The van der Waals surface area contributed by atoms with Crippen molar-refractivity contribution in [2.75, 3.05) is 18.0 Å². The molecule has 1 N–H and O–H groups in total. The highest BCUT2D eigenvalue weighted by Crippen LogP contribution is 2.69. The Morgan fingerprint density at radius 3 is 2.03 bits per heavy atom. The molecule has 0 radical (unpaired) electrons. The van der Waals surface area contributed by atoms with Crippen LogP contribution in [-0.4, -0.2) is 24.8 Å². The van der Waals surface area contributed by atoms with Gasteiger partial charge in [0.25, 0.3) is 0 Å². The van der Waals surface area contributed by atoms with Crippen LogP contribution < -0.4 is 4.90 Å². The first kappa shape index (κ1) is 22.3. The minimum Gasteiger partial charge on any atom is -0.447 e. The highest BCUT2D eigenvalue weighted by atomic mass is 16.7. The summed E-state index contributed by atoms with van der Waals surface area (Å²) in [5, 5.41) is 40.0. The van der Waals surface area contributed by atoms with Gasteiger partial charge in [-0.1, -0.05) is 42.5 Å². The molecule has 2 fully saturated rings. The second-order valence-corrected chi connectivity index (χ2v) is 8.50. The molecule has 0 aromatic heterocycles. The molecule has 2 aliphatic heterocycles. The first-order chi connectivity index (χ1) is 15.9. The largest absolute Gasteiger partial charge is 0.447 e. The van der Waals surface area contributed by atoms with E-state index in [9.17, 15) is 15.8 Å². The maximum absolute atomic E-state index is 10.5. The smallest absolute Gasteiger partial charge is 0.218 e. The molecule has 0 aliphatic carbocycles. The van der Waals surface area contributed by atoms with E-state index in [-0.39, 0.29) is 0 Å². The van der Waals surface area contributed by atoms with Crippen LogP contribution in [0, 0.1) is 50.2 Å². The number of hydrogen-bond donors (Lipinski definition) is 1. The van der Waals surface area contributed by atoms with Gasteiger partial charge in [-0.25, -0.2) is 0 Å². The van der Waals surface area contributed by atoms with Crippen LogP contribution in [0.15, 0.2) is 54.6 Å². The van der Waals surface area contributed by atoms with E-state index in [4.69, 9.17) is 14.9 Å². The van der Waals surface area contributed by atoms with Crippen molar-refractivity contribution >= 4 is 11.6 Å². The minimum absolute atomic E-state index is 0.410. The van der Waals surface area contributed by atoms with Gasteiger partial charge in [0.1, 0.15) is 6.10 Å². The van der Waals surface area contributed by atoms with Gasteiger partial charge in [-0.2, -0.15) is 15.8 Å². The molecule has 4 unspecified atom stereocenters. The van der Waals surface area contributed by atoms with E-state index in [1.54, 1.807) is 19.1 Å². The number of benzene rings is 2. The molecule has 7 nitrogen and oxygen atoms in total. The lowest BCUT2D eigenvalue weighted by Crippen LogP contribution is -2.57. The van der Waals surface area contributed by atoms with Gasteiger partial charge in [0.2, 0.25) is 17.1 Å². The second kappa shape index (κ2) is 7.93. The lowest BCUT2D eigenvalue weighted by molar-refractivity contribution is -0.253. The third kappa shape index (κ3) is 2.85. The van der Waals surface area contributed by atoms with Crippen LogP contribution in [0.25, 0.3) is 0 Å². The molecular weight excluding hydrogens is 414 g/mol. The van der Waals surface area contributed by atoms with Crippen molar-refractivity contribution in [3.8, 4) is 18.2 Å². The normalized spacial score (nSPS) is 29.3. The summed E-state index contributed by atoms with van der Waals surface area (Å²) in [4.78, 5) is 2.18. The van der Waals surface area contributed by atoms with Crippen LogP contribution in [0.5, 0.6) is 0 Å². The molecule has 7 heteroatoms. The van der Waals surface area contributed by atoms with Crippen molar-refractivity contribution in [2.45, 2.75) is 38.6 Å². The van der Waals surface area contributed by atoms with Crippen molar-refractivity contribution in [3.05, 3.63) is 65.7 Å². The van der Waals surface area contributed by atoms with Gasteiger partial charge in [-0.05, 0) is 37.1 Å². The lowest BCUT2D eigenvalue weighted by atomic mass is 9.52. The third-order valence-electron chi connectivity index (χ3n) is 6.97. The van der Waals surface area contributed by atoms with E-state index in [0.717, 1.165) is 18.8 Å². The summed E-state index contributed by atoms with van der Waals surface area (Å²) in [6.45, 7) is 7.50. The molecule has 2 aliphatic rings. The van der Waals surface area contributed by atoms with Gasteiger partial charge in [0.15, 0.2) is 5.41 Å². The van der Waals surface area contributed by atoms with Gasteiger partial charge in [-0.15, -0.1) is 0 Å². The Labute approximate surface area is 193 Å². The van der Waals surface area contributed by atoms with Gasteiger partial charge in [0, 0.05) is 25.7 Å². The van der Waals surface area contributed by atoms with Gasteiger partial charge < -0.3 is 14.4 Å². The fraction of sp³-hybridized carbons (Fsp3) is 0.385. The molecule has 2 saturated heterocycles. The van der Waals surface area contributed by atoms with Crippen LogP contribution in [0.4, 0.5) is 5.69 Å². The second-order valence-electron chi connectivity index (χ2n) is 8.50. The SMILES string of the molecule is CCN(CC)c1ccc(C2OC3(C)OC(=N)C(C#N)(C3c3ccccc3)C2(C#N)C#N)cc1. The number of anilines is 1. The average Bonchev–Trinajstić information content (AvgIpc) is 3.03. The summed E-state index contributed by atoms with van der Waals surface area (Å²) < 4.78 is 12.3.